The van der Waals surface area contributed by atoms with Gasteiger partial charge in [0.15, 0.2) is 0 Å². The number of aromatic nitrogens is 2. The summed E-state index contributed by atoms with van der Waals surface area (Å²) >= 11 is 0. The monoisotopic (exact) mass is 346 g/mol. The molecule has 0 bridgehead atoms. The molecule has 1 aromatic carbocycles. The summed E-state index contributed by atoms with van der Waals surface area (Å²) in [5.74, 6) is 0.811. The van der Waals surface area contributed by atoms with Crippen LogP contribution < -0.4 is 0 Å². The molecule has 1 aromatic heterocycles. The first kappa shape index (κ1) is 15.8. The quantitative estimate of drug-likeness (QED) is 0.916. The van der Waals surface area contributed by atoms with Crippen LogP contribution >= 0.6 is 0 Å². The Labute approximate surface area is 142 Å². The number of piperazine rings is 1. The third-order valence-electron chi connectivity index (χ3n) is 5.15. The zero-order valence-corrected chi connectivity index (χ0v) is 14.6. The van der Waals surface area contributed by atoms with Gasteiger partial charge in [-0.25, -0.2) is 13.4 Å². The Morgan fingerprint density at radius 1 is 1.21 bits per heavy atom. The maximum Gasteiger partial charge on any atom is 0.243 e. The van der Waals surface area contributed by atoms with E-state index in [1.807, 2.05) is 19.2 Å². The molecule has 7 heteroatoms. The third kappa shape index (κ3) is 2.66. The highest BCUT2D eigenvalue weighted by molar-refractivity contribution is 7.89. The lowest BCUT2D eigenvalue weighted by Gasteiger charge is -2.37. The van der Waals surface area contributed by atoms with Gasteiger partial charge in [-0.05, 0) is 49.6 Å². The second-order valence-electron chi connectivity index (χ2n) is 6.62. The normalized spacial score (nSPS) is 22.6. The van der Waals surface area contributed by atoms with Gasteiger partial charge in [0.2, 0.25) is 10.0 Å². The Hall–Kier alpha value is -1.70. The van der Waals surface area contributed by atoms with Crippen LogP contribution in [0.15, 0.2) is 35.5 Å². The Balaban J connectivity index is 1.62. The first-order valence-corrected chi connectivity index (χ1v) is 9.81. The lowest BCUT2D eigenvalue weighted by molar-refractivity contribution is 0.142. The van der Waals surface area contributed by atoms with E-state index in [9.17, 15) is 8.42 Å². The van der Waals surface area contributed by atoms with E-state index in [1.54, 1.807) is 22.8 Å². The molecule has 6 nitrogen and oxygen atoms in total. The molecule has 1 aliphatic carbocycles. The predicted molar refractivity (Wildman–Crippen MR) is 91.2 cm³/mol. The lowest BCUT2D eigenvalue weighted by Crippen LogP contribution is -2.49. The molecular weight excluding hydrogens is 324 g/mol. The molecule has 128 valence electrons. The van der Waals surface area contributed by atoms with Gasteiger partial charge in [-0.3, -0.25) is 4.90 Å². The molecule has 1 aliphatic heterocycles. The number of nitrogens with zero attached hydrogens (tertiary/aromatic N) is 3. The molecular formula is C17H22N4O2S. The number of imidazole rings is 1. The van der Waals surface area contributed by atoms with E-state index < -0.39 is 10.0 Å². The van der Waals surface area contributed by atoms with Crippen LogP contribution in [-0.2, 0) is 22.9 Å². The van der Waals surface area contributed by atoms with Crippen LogP contribution in [0.5, 0.6) is 0 Å². The molecule has 2 aliphatic rings. The van der Waals surface area contributed by atoms with Gasteiger partial charge in [0.05, 0.1) is 10.9 Å². The molecule has 0 amide bonds. The van der Waals surface area contributed by atoms with Crippen molar-refractivity contribution < 1.29 is 8.42 Å². The highest BCUT2D eigenvalue weighted by Gasteiger charge is 2.34. The van der Waals surface area contributed by atoms with Gasteiger partial charge in [-0.2, -0.15) is 4.31 Å². The number of hydrogen-bond acceptors (Lipinski definition) is 4. The van der Waals surface area contributed by atoms with E-state index in [-0.39, 0.29) is 6.04 Å². The van der Waals surface area contributed by atoms with E-state index in [4.69, 9.17) is 0 Å². The fraction of sp³-hybridized carbons (Fsp3) is 0.471. The second kappa shape index (κ2) is 5.98. The molecule has 0 spiro atoms. The first-order chi connectivity index (χ1) is 11.6. The fourth-order valence-electron chi connectivity index (χ4n) is 3.68. The number of benzene rings is 1. The smallest absolute Gasteiger partial charge is 0.243 e. The molecule has 2 aromatic rings. The van der Waals surface area contributed by atoms with Crippen molar-refractivity contribution in [3.63, 3.8) is 0 Å². The van der Waals surface area contributed by atoms with Crippen LogP contribution in [0.1, 0.15) is 29.4 Å². The van der Waals surface area contributed by atoms with Crippen molar-refractivity contribution in [3.8, 4) is 0 Å². The van der Waals surface area contributed by atoms with Crippen molar-refractivity contribution in [2.45, 2.75) is 30.2 Å². The number of fused-ring (bicyclic) bond motifs is 1. The minimum Gasteiger partial charge on any atom is -0.347 e. The van der Waals surface area contributed by atoms with Crippen molar-refractivity contribution in [1.29, 1.82) is 0 Å². The van der Waals surface area contributed by atoms with Crippen LogP contribution in [-0.4, -0.2) is 54.3 Å². The maximum atomic E-state index is 13.1. The Bertz CT molecular complexity index is 832. The van der Waals surface area contributed by atoms with E-state index in [0.717, 1.165) is 25.1 Å². The number of aryl methyl sites for hydroxylation is 2. The molecule has 1 saturated heterocycles. The van der Waals surface area contributed by atoms with E-state index in [1.165, 1.54) is 11.1 Å². The SMILES string of the molecule is CN1CCN(S(=O)(=O)c2ccc3c(c2)CCC3)C[C@@H]1c1ncc[nH]1. The van der Waals surface area contributed by atoms with Crippen molar-refractivity contribution in [1.82, 2.24) is 19.2 Å². The number of sulfonamides is 1. The molecule has 2 heterocycles. The average molecular weight is 346 g/mol. The van der Waals surface area contributed by atoms with Gasteiger partial charge >= 0.3 is 0 Å². The number of H-pyrrole nitrogens is 1. The summed E-state index contributed by atoms with van der Waals surface area (Å²) in [7, 11) is -1.46. The number of nitrogens with one attached hydrogen (secondary N) is 1. The zero-order chi connectivity index (χ0) is 16.7. The lowest BCUT2D eigenvalue weighted by atomic mass is 10.1. The van der Waals surface area contributed by atoms with Gasteiger partial charge in [0.1, 0.15) is 5.82 Å². The molecule has 1 fully saturated rings. The fourth-order valence-corrected chi connectivity index (χ4v) is 5.17. The van der Waals surface area contributed by atoms with Gasteiger partial charge < -0.3 is 4.98 Å². The molecule has 1 atom stereocenters. The molecule has 1 N–H and O–H groups in total. The number of likely N-dealkylation sites (N-methyl/N-ethyl adjacent to an activating group) is 1. The number of hydrogen-bond donors (Lipinski definition) is 1. The van der Waals surface area contributed by atoms with Crippen LogP contribution in [0.25, 0.3) is 0 Å². The first-order valence-electron chi connectivity index (χ1n) is 8.37. The molecule has 0 unspecified atom stereocenters. The predicted octanol–water partition coefficient (Wildman–Crippen LogP) is 1.58. The second-order valence-corrected chi connectivity index (χ2v) is 8.56. The molecule has 4 rings (SSSR count). The highest BCUT2D eigenvalue weighted by Crippen LogP contribution is 2.29. The van der Waals surface area contributed by atoms with Gasteiger partial charge in [-0.15, -0.1) is 0 Å². The van der Waals surface area contributed by atoms with Crippen molar-refractivity contribution in [3.05, 3.63) is 47.5 Å². The summed E-state index contributed by atoms with van der Waals surface area (Å²) < 4.78 is 27.8. The number of aromatic amines is 1. The van der Waals surface area contributed by atoms with E-state index in [2.05, 4.69) is 14.9 Å². The topological polar surface area (TPSA) is 69.3 Å². The summed E-state index contributed by atoms with van der Waals surface area (Å²) in [6.07, 6.45) is 6.64. The highest BCUT2D eigenvalue weighted by atomic mass is 32.2. The Morgan fingerprint density at radius 2 is 2.04 bits per heavy atom. The summed E-state index contributed by atoms with van der Waals surface area (Å²) in [5.41, 5.74) is 2.48. The zero-order valence-electron chi connectivity index (χ0n) is 13.8. The minimum atomic E-state index is -3.47. The van der Waals surface area contributed by atoms with Crippen molar-refractivity contribution in [2.24, 2.45) is 0 Å². The van der Waals surface area contributed by atoms with Crippen molar-refractivity contribution >= 4 is 10.0 Å². The van der Waals surface area contributed by atoms with E-state index in [0.29, 0.717) is 24.5 Å². The molecule has 24 heavy (non-hydrogen) atoms. The van der Waals surface area contributed by atoms with Gasteiger partial charge in [0, 0.05) is 32.0 Å². The average Bonchev–Trinajstić information content (AvgIpc) is 3.26. The molecule has 0 radical (unpaired) electrons. The van der Waals surface area contributed by atoms with E-state index >= 15 is 0 Å². The number of rotatable bonds is 3. The minimum absolute atomic E-state index is 0.0436. The van der Waals surface area contributed by atoms with Crippen LogP contribution in [0.2, 0.25) is 0 Å². The van der Waals surface area contributed by atoms with Gasteiger partial charge in [-0.1, -0.05) is 6.07 Å². The summed E-state index contributed by atoms with van der Waals surface area (Å²) in [6, 6.07) is 5.57. The summed E-state index contributed by atoms with van der Waals surface area (Å²) in [6.45, 7) is 1.62. The largest absolute Gasteiger partial charge is 0.347 e. The third-order valence-corrected chi connectivity index (χ3v) is 7.01. The van der Waals surface area contributed by atoms with Crippen LogP contribution in [0.3, 0.4) is 0 Å². The Kier molecular flexibility index (Phi) is 3.94. The van der Waals surface area contributed by atoms with Gasteiger partial charge in [0.25, 0.3) is 0 Å². The summed E-state index contributed by atoms with van der Waals surface area (Å²) in [4.78, 5) is 9.99. The van der Waals surface area contributed by atoms with Crippen LogP contribution in [0.4, 0.5) is 0 Å². The standard InChI is InChI=1S/C17H22N4O2S/c1-20-9-10-21(12-16(20)17-18-7-8-19-17)24(22,23)15-6-5-13-3-2-4-14(13)11-15/h5-8,11,16H,2-4,9-10,12H2,1H3,(H,18,19)/t16-/m1/s1. The maximum absolute atomic E-state index is 13.1. The molecule has 0 saturated carbocycles. The van der Waals surface area contributed by atoms with Crippen molar-refractivity contribution in [2.75, 3.05) is 26.7 Å². The van der Waals surface area contributed by atoms with Crippen LogP contribution in [0, 0.1) is 0 Å². The summed E-state index contributed by atoms with van der Waals surface area (Å²) in [5, 5.41) is 0. The Morgan fingerprint density at radius 3 is 2.83 bits per heavy atom.